The van der Waals surface area contributed by atoms with Crippen molar-refractivity contribution >= 4 is 11.6 Å². The standard InChI is InChI=1S/C23H23N7O2/c1-4-29-18(8-10-26-29)19-20(16-7-5-6-15(12-16)13-24)28-30-11-9-17(27-21(19)30)22(31)25-14-23(2,3)32/h5-12,32H,4,14H2,1-3H3,(H,25,31). The Bertz CT molecular complexity index is 1340. The molecule has 0 aliphatic carbocycles. The van der Waals surface area contributed by atoms with Crippen molar-refractivity contribution in [1.29, 1.82) is 5.26 Å². The summed E-state index contributed by atoms with van der Waals surface area (Å²) in [4.78, 5) is 17.2. The molecule has 3 heterocycles. The van der Waals surface area contributed by atoms with Crippen molar-refractivity contribution < 1.29 is 9.90 Å². The molecule has 9 nitrogen and oxygen atoms in total. The highest BCUT2D eigenvalue weighted by molar-refractivity contribution is 5.95. The van der Waals surface area contributed by atoms with Gasteiger partial charge in [0.25, 0.3) is 5.91 Å². The number of nitrogens with zero attached hydrogens (tertiary/aromatic N) is 6. The van der Waals surface area contributed by atoms with Crippen LogP contribution in [0.25, 0.3) is 28.2 Å². The Hall–Kier alpha value is -4.03. The first kappa shape index (κ1) is 21.2. The molecule has 0 saturated carbocycles. The summed E-state index contributed by atoms with van der Waals surface area (Å²) in [7, 11) is 0. The maximum absolute atomic E-state index is 12.6. The van der Waals surface area contributed by atoms with E-state index in [1.54, 1.807) is 49.0 Å². The van der Waals surface area contributed by atoms with E-state index in [9.17, 15) is 15.2 Å². The SMILES string of the molecule is CCn1nccc1-c1c(-c2cccc(C#N)c2)nn2ccc(C(=O)NCC(C)(C)O)nc12. The number of benzene rings is 1. The summed E-state index contributed by atoms with van der Waals surface area (Å²) < 4.78 is 3.45. The Morgan fingerprint density at radius 3 is 2.81 bits per heavy atom. The number of hydrogen-bond donors (Lipinski definition) is 2. The Balaban J connectivity index is 1.90. The summed E-state index contributed by atoms with van der Waals surface area (Å²) in [6, 6.07) is 12.8. The van der Waals surface area contributed by atoms with E-state index in [1.165, 1.54) is 0 Å². The zero-order valence-electron chi connectivity index (χ0n) is 18.1. The van der Waals surface area contributed by atoms with Gasteiger partial charge in [0.1, 0.15) is 11.4 Å². The zero-order valence-corrected chi connectivity index (χ0v) is 18.1. The maximum Gasteiger partial charge on any atom is 0.270 e. The average Bonchev–Trinajstić information content (AvgIpc) is 3.40. The van der Waals surface area contributed by atoms with Gasteiger partial charge in [-0.05, 0) is 45.0 Å². The lowest BCUT2D eigenvalue weighted by atomic mass is 10.0. The minimum atomic E-state index is -1.03. The van der Waals surface area contributed by atoms with E-state index in [1.807, 2.05) is 29.8 Å². The molecule has 1 aromatic carbocycles. The van der Waals surface area contributed by atoms with Crippen molar-refractivity contribution in [2.24, 2.45) is 0 Å². The molecule has 0 aliphatic rings. The minimum Gasteiger partial charge on any atom is -0.389 e. The second kappa shape index (κ2) is 8.24. The van der Waals surface area contributed by atoms with Gasteiger partial charge in [0, 0.05) is 31.0 Å². The van der Waals surface area contributed by atoms with Crippen molar-refractivity contribution in [3.8, 4) is 28.6 Å². The number of carbonyl (C=O) groups excluding carboxylic acids is 1. The molecule has 0 aliphatic heterocycles. The molecule has 9 heteroatoms. The van der Waals surface area contributed by atoms with Crippen LogP contribution in [0.2, 0.25) is 0 Å². The number of aryl methyl sites for hydroxylation is 1. The average molecular weight is 429 g/mol. The van der Waals surface area contributed by atoms with Crippen LogP contribution in [0, 0.1) is 11.3 Å². The number of aromatic nitrogens is 5. The lowest BCUT2D eigenvalue weighted by Crippen LogP contribution is -2.38. The smallest absolute Gasteiger partial charge is 0.270 e. The summed E-state index contributed by atoms with van der Waals surface area (Å²) in [6.45, 7) is 5.96. The van der Waals surface area contributed by atoms with Crippen LogP contribution in [0.1, 0.15) is 36.8 Å². The Morgan fingerprint density at radius 2 is 2.09 bits per heavy atom. The first-order chi connectivity index (χ1) is 15.3. The monoisotopic (exact) mass is 429 g/mol. The highest BCUT2D eigenvalue weighted by atomic mass is 16.3. The highest BCUT2D eigenvalue weighted by Crippen LogP contribution is 2.34. The molecule has 4 aromatic rings. The van der Waals surface area contributed by atoms with Crippen LogP contribution < -0.4 is 5.32 Å². The fourth-order valence-corrected chi connectivity index (χ4v) is 3.41. The molecule has 1 amide bonds. The van der Waals surface area contributed by atoms with Gasteiger partial charge < -0.3 is 10.4 Å². The largest absolute Gasteiger partial charge is 0.389 e. The van der Waals surface area contributed by atoms with Crippen molar-refractivity contribution in [1.82, 2.24) is 29.7 Å². The summed E-state index contributed by atoms with van der Waals surface area (Å²) in [5, 5.41) is 31.0. The van der Waals surface area contributed by atoms with Crippen LogP contribution in [0.3, 0.4) is 0 Å². The third kappa shape index (κ3) is 4.08. The number of amides is 1. The van der Waals surface area contributed by atoms with Gasteiger partial charge in [0.05, 0.1) is 28.5 Å². The second-order valence-electron chi connectivity index (χ2n) is 8.02. The van der Waals surface area contributed by atoms with Crippen LogP contribution in [0.5, 0.6) is 0 Å². The maximum atomic E-state index is 12.6. The molecule has 2 N–H and O–H groups in total. The number of carbonyl (C=O) groups is 1. The van der Waals surface area contributed by atoms with E-state index in [0.717, 1.165) is 16.8 Å². The lowest BCUT2D eigenvalue weighted by Gasteiger charge is -2.17. The van der Waals surface area contributed by atoms with E-state index in [4.69, 9.17) is 5.10 Å². The highest BCUT2D eigenvalue weighted by Gasteiger charge is 2.22. The molecule has 162 valence electrons. The first-order valence-corrected chi connectivity index (χ1v) is 10.2. The third-order valence-electron chi connectivity index (χ3n) is 4.94. The number of fused-ring (bicyclic) bond motifs is 1. The van der Waals surface area contributed by atoms with Gasteiger partial charge in [-0.3, -0.25) is 9.48 Å². The van der Waals surface area contributed by atoms with Gasteiger partial charge in [-0.15, -0.1) is 0 Å². The van der Waals surface area contributed by atoms with E-state index < -0.39 is 5.60 Å². The number of nitrogens with one attached hydrogen (secondary N) is 1. The Labute approximate surface area is 184 Å². The predicted octanol–water partition coefficient (Wildman–Crippen LogP) is 2.65. The molecule has 0 radical (unpaired) electrons. The molecule has 0 saturated heterocycles. The van der Waals surface area contributed by atoms with Crippen LogP contribution in [0.15, 0.2) is 48.8 Å². The fourth-order valence-electron chi connectivity index (χ4n) is 3.41. The van der Waals surface area contributed by atoms with Crippen LogP contribution in [-0.2, 0) is 6.54 Å². The van der Waals surface area contributed by atoms with Crippen molar-refractivity contribution in [2.45, 2.75) is 32.9 Å². The quantitative estimate of drug-likeness (QED) is 0.486. The van der Waals surface area contributed by atoms with Crippen LogP contribution in [0.4, 0.5) is 0 Å². The molecule has 4 rings (SSSR count). The van der Waals surface area contributed by atoms with E-state index in [2.05, 4.69) is 21.5 Å². The summed E-state index contributed by atoms with van der Waals surface area (Å²) in [6.07, 6.45) is 3.38. The Morgan fingerprint density at radius 1 is 1.28 bits per heavy atom. The second-order valence-corrected chi connectivity index (χ2v) is 8.02. The topological polar surface area (TPSA) is 121 Å². The molecular weight excluding hydrogens is 406 g/mol. The van der Waals surface area contributed by atoms with Crippen molar-refractivity contribution in [2.75, 3.05) is 6.54 Å². The normalized spacial score (nSPS) is 11.5. The van der Waals surface area contributed by atoms with E-state index in [-0.39, 0.29) is 18.1 Å². The van der Waals surface area contributed by atoms with Gasteiger partial charge in [0.15, 0.2) is 5.65 Å². The van der Waals surface area contributed by atoms with Gasteiger partial charge >= 0.3 is 0 Å². The van der Waals surface area contributed by atoms with Gasteiger partial charge in [-0.1, -0.05) is 12.1 Å². The van der Waals surface area contributed by atoms with Crippen molar-refractivity contribution in [3.63, 3.8) is 0 Å². The molecular formula is C23H23N7O2. The van der Waals surface area contributed by atoms with Crippen molar-refractivity contribution in [3.05, 3.63) is 60.0 Å². The lowest BCUT2D eigenvalue weighted by molar-refractivity contribution is 0.0692. The molecule has 0 spiro atoms. The molecule has 0 fully saturated rings. The van der Waals surface area contributed by atoms with E-state index in [0.29, 0.717) is 23.4 Å². The van der Waals surface area contributed by atoms with Gasteiger partial charge in [-0.2, -0.15) is 15.5 Å². The zero-order chi connectivity index (χ0) is 22.9. The molecule has 0 atom stereocenters. The van der Waals surface area contributed by atoms with Crippen LogP contribution in [-0.4, -0.2) is 47.5 Å². The van der Waals surface area contributed by atoms with Crippen LogP contribution >= 0.6 is 0 Å². The van der Waals surface area contributed by atoms with Gasteiger partial charge in [-0.25, -0.2) is 9.50 Å². The van der Waals surface area contributed by atoms with E-state index >= 15 is 0 Å². The number of nitriles is 1. The third-order valence-corrected chi connectivity index (χ3v) is 4.94. The summed E-state index contributed by atoms with van der Waals surface area (Å²) in [5.41, 5.74) is 3.12. The fraction of sp³-hybridized carbons (Fsp3) is 0.261. The van der Waals surface area contributed by atoms with Gasteiger partial charge in [0.2, 0.25) is 0 Å². The first-order valence-electron chi connectivity index (χ1n) is 10.2. The summed E-state index contributed by atoms with van der Waals surface area (Å²) in [5.74, 6) is -0.390. The molecule has 0 bridgehead atoms. The minimum absolute atomic E-state index is 0.0968. The number of hydrogen-bond acceptors (Lipinski definition) is 6. The predicted molar refractivity (Wildman–Crippen MR) is 119 cm³/mol. The molecule has 32 heavy (non-hydrogen) atoms. The number of rotatable bonds is 6. The summed E-state index contributed by atoms with van der Waals surface area (Å²) >= 11 is 0. The number of aliphatic hydroxyl groups is 1. The molecule has 0 unspecified atom stereocenters. The Kier molecular flexibility index (Phi) is 5.47. The molecule has 3 aromatic heterocycles.